The van der Waals surface area contributed by atoms with E-state index in [4.69, 9.17) is 0 Å². The normalized spacial score (nSPS) is 16.4. The van der Waals surface area contributed by atoms with E-state index in [1.807, 2.05) is 48.5 Å². The molecule has 4 aromatic rings. The van der Waals surface area contributed by atoms with E-state index < -0.39 is 0 Å². The second kappa shape index (κ2) is 13.8. The molecular formula is C42H42N2O4. The zero-order valence-electron chi connectivity index (χ0n) is 27.6. The average molecular weight is 639 g/mol. The second-order valence-electron chi connectivity index (χ2n) is 13.3. The number of rotatable bonds is 11. The maximum atomic E-state index is 12.0. The molecule has 0 aromatic heterocycles. The largest absolute Gasteiger partial charge is 0.508 e. The second-order valence-corrected chi connectivity index (χ2v) is 13.3. The Hall–Kier alpha value is -5.36. The minimum atomic E-state index is -0.319. The summed E-state index contributed by atoms with van der Waals surface area (Å²) in [7, 11) is 0. The fraction of sp³-hybridized carbons (Fsp3) is 0.238. The minimum Gasteiger partial charge on any atom is -0.508 e. The molecule has 6 rings (SSSR count). The van der Waals surface area contributed by atoms with Gasteiger partial charge in [0, 0.05) is 41.9 Å². The van der Waals surface area contributed by atoms with Crippen LogP contribution in [0.25, 0.3) is 6.08 Å². The highest BCUT2D eigenvalue weighted by molar-refractivity contribution is 6.28. The van der Waals surface area contributed by atoms with Crippen molar-refractivity contribution in [1.29, 1.82) is 0 Å². The number of nitrogens with zero attached hydrogens (tertiary/aromatic N) is 2. The number of aromatic hydroxyl groups is 2. The minimum absolute atomic E-state index is 0.266. The van der Waals surface area contributed by atoms with Crippen molar-refractivity contribution in [2.45, 2.75) is 44.9 Å². The Labute approximate surface area is 283 Å². The Morgan fingerprint density at radius 3 is 2.06 bits per heavy atom. The van der Waals surface area contributed by atoms with Crippen LogP contribution in [0.15, 0.2) is 116 Å². The van der Waals surface area contributed by atoms with Crippen LogP contribution in [0.4, 0.5) is 11.4 Å². The number of benzene rings is 4. The number of phenols is 2. The molecule has 0 bridgehead atoms. The van der Waals surface area contributed by atoms with E-state index in [2.05, 4.69) is 61.7 Å². The van der Waals surface area contributed by atoms with Gasteiger partial charge in [0.05, 0.1) is 5.69 Å². The van der Waals surface area contributed by atoms with Crippen LogP contribution in [0.5, 0.6) is 11.5 Å². The standard InChI is InChI=1S/C42H42N2O4/c1-4-6-32-26-34(13-19-38(32)45)42(2,3)35-14-20-39(46)33(27-35)8-5-7-31-23-24-43(28-31)36-15-9-29(10-16-36)25-30-11-17-37(18-12-30)44-40(47)21-22-41(44)48/h4-5,8-22,26-27,31,45-46H,1,6-7,23-25,28H2,2-3H3/b8-5+. The molecule has 4 aromatic carbocycles. The van der Waals surface area contributed by atoms with Gasteiger partial charge in [0.2, 0.25) is 0 Å². The summed E-state index contributed by atoms with van der Waals surface area (Å²) in [4.78, 5) is 27.5. The highest BCUT2D eigenvalue weighted by Crippen LogP contribution is 2.36. The topological polar surface area (TPSA) is 81.1 Å². The van der Waals surface area contributed by atoms with Crippen LogP contribution in [0, 0.1) is 5.92 Å². The van der Waals surface area contributed by atoms with Crippen LogP contribution in [0.2, 0.25) is 0 Å². The molecule has 1 unspecified atom stereocenters. The zero-order chi connectivity index (χ0) is 33.8. The van der Waals surface area contributed by atoms with Gasteiger partial charge in [-0.3, -0.25) is 9.59 Å². The summed E-state index contributed by atoms with van der Waals surface area (Å²) in [5.41, 5.74) is 7.66. The third kappa shape index (κ3) is 6.98. The van der Waals surface area contributed by atoms with E-state index in [1.165, 1.54) is 28.3 Å². The molecule has 2 heterocycles. The number of imide groups is 1. The van der Waals surface area contributed by atoms with E-state index in [0.29, 0.717) is 18.0 Å². The number of hydrogen-bond acceptors (Lipinski definition) is 5. The molecule has 2 aliphatic rings. The fourth-order valence-corrected chi connectivity index (χ4v) is 6.66. The average Bonchev–Trinajstić information content (AvgIpc) is 3.69. The Morgan fingerprint density at radius 2 is 1.42 bits per heavy atom. The van der Waals surface area contributed by atoms with Crippen molar-refractivity contribution < 1.29 is 19.8 Å². The quantitative estimate of drug-likeness (QED) is 0.128. The number of phenolic OH excluding ortho intramolecular Hbond substituents is 2. The number of allylic oxidation sites excluding steroid dienone is 2. The third-order valence-electron chi connectivity index (χ3n) is 9.68. The van der Waals surface area contributed by atoms with Gasteiger partial charge in [-0.15, -0.1) is 6.58 Å². The lowest BCUT2D eigenvalue weighted by Crippen LogP contribution is -2.29. The maximum Gasteiger partial charge on any atom is 0.258 e. The fourth-order valence-electron chi connectivity index (χ4n) is 6.66. The van der Waals surface area contributed by atoms with Gasteiger partial charge in [0.1, 0.15) is 11.5 Å². The summed E-state index contributed by atoms with van der Waals surface area (Å²) in [5.74, 6) is 0.464. The molecule has 2 aliphatic heterocycles. The maximum absolute atomic E-state index is 12.0. The highest BCUT2D eigenvalue weighted by atomic mass is 16.3. The highest BCUT2D eigenvalue weighted by Gasteiger charge is 2.26. The summed E-state index contributed by atoms with van der Waals surface area (Å²) in [5, 5.41) is 20.9. The summed E-state index contributed by atoms with van der Waals surface area (Å²) >= 11 is 0. The lowest BCUT2D eigenvalue weighted by atomic mass is 9.77. The molecule has 0 spiro atoms. The number of carbonyl (C=O) groups is 2. The Morgan fingerprint density at radius 1 is 0.812 bits per heavy atom. The van der Waals surface area contributed by atoms with Gasteiger partial charge in [-0.05, 0) is 102 Å². The molecule has 6 nitrogen and oxygen atoms in total. The molecule has 0 radical (unpaired) electrons. The van der Waals surface area contributed by atoms with Crippen LogP contribution in [0.1, 0.15) is 60.1 Å². The first-order valence-electron chi connectivity index (χ1n) is 16.5. The molecule has 1 fully saturated rings. The number of hydrogen-bond donors (Lipinski definition) is 2. The molecule has 1 atom stereocenters. The third-order valence-corrected chi connectivity index (χ3v) is 9.68. The number of carbonyl (C=O) groups excluding carboxylic acids is 2. The molecule has 2 N–H and O–H groups in total. The van der Waals surface area contributed by atoms with Gasteiger partial charge >= 0.3 is 0 Å². The van der Waals surface area contributed by atoms with Gasteiger partial charge in [-0.2, -0.15) is 0 Å². The van der Waals surface area contributed by atoms with E-state index in [-0.39, 0.29) is 28.7 Å². The molecule has 48 heavy (non-hydrogen) atoms. The summed E-state index contributed by atoms with van der Waals surface area (Å²) in [6, 6.07) is 27.9. The van der Waals surface area contributed by atoms with Gasteiger partial charge in [0.25, 0.3) is 11.8 Å². The molecule has 0 aliphatic carbocycles. The molecule has 1 saturated heterocycles. The first-order valence-corrected chi connectivity index (χ1v) is 16.5. The van der Waals surface area contributed by atoms with Crippen LogP contribution in [-0.2, 0) is 27.8 Å². The number of anilines is 2. The molecular weight excluding hydrogens is 596 g/mol. The van der Waals surface area contributed by atoms with Crippen molar-refractivity contribution in [1.82, 2.24) is 0 Å². The summed E-state index contributed by atoms with van der Waals surface area (Å²) < 4.78 is 0. The number of amides is 2. The Balaban J connectivity index is 1.04. The zero-order valence-corrected chi connectivity index (χ0v) is 27.6. The van der Waals surface area contributed by atoms with Crippen molar-refractivity contribution in [3.8, 4) is 11.5 Å². The smallest absolute Gasteiger partial charge is 0.258 e. The summed E-state index contributed by atoms with van der Waals surface area (Å²) in [6.45, 7) is 10.1. The lowest BCUT2D eigenvalue weighted by Gasteiger charge is -2.27. The van der Waals surface area contributed by atoms with Gasteiger partial charge < -0.3 is 15.1 Å². The van der Waals surface area contributed by atoms with Gasteiger partial charge in [-0.25, -0.2) is 4.90 Å². The SMILES string of the molecule is C=CCc1cc(C(C)(C)c2ccc(O)c(/C=C/CC3CCN(c4ccc(Cc5ccc(N6C(=O)C=CC6=O)cc5)cc4)C3)c2)ccc1O. The van der Waals surface area contributed by atoms with Crippen molar-refractivity contribution in [3.63, 3.8) is 0 Å². The van der Waals surface area contributed by atoms with Crippen molar-refractivity contribution >= 4 is 29.3 Å². The molecule has 0 saturated carbocycles. The predicted molar refractivity (Wildman–Crippen MR) is 194 cm³/mol. The predicted octanol–water partition coefficient (Wildman–Crippen LogP) is 8.10. The first-order chi connectivity index (χ1) is 23.1. The monoisotopic (exact) mass is 638 g/mol. The Kier molecular flexibility index (Phi) is 9.35. The summed E-state index contributed by atoms with van der Waals surface area (Å²) in [6.07, 6.45) is 12.0. The van der Waals surface area contributed by atoms with Gasteiger partial charge in [-0.1, -0.05) is 74.5 Å². The van der Waals surface area contributed by atoms with E-state index >= 15 is 0 Å². The first kappa shape index (κ1) is 32.6. The van der Waals surface area contributed by atoms with Crippen molar-refractivity contribution in [2.24, 2.45) is 5.92 Å². The lowest BCUT2D eigenvalue weighted by molar-refractivity contribution is -0.119. The van der Waals surface area contributed by atoms with E-state index in [0.717, 1.165) is 60.2 Å². The Bertz CT molecular complexity index is 1870. The van der Waals surface area contributed by atoms with E-state index in [1.54, 1.807) is 18.2 Å². The van der Waals surface area contributed by atoms with Gasteiger partial charge in [0.15, 0.2) is 0 Å². The van der Waals surface area contributed by atoms with Crippen LogP contribution >= 0.6 is 0 Å². The van der Waals surface area contributed by atoms with Crippen LogP contribution in [0.3, 0.4) is 0 Å². The van der Waals surface area contributed by atoms with Crippen LogP contribution < -0.4 is 9.80 Å². The molecule has 2 amide bonds. The molecule has 6 heteroatoms. The van der Waals surface area contributed by atoms with Crippen LogP contribution in [-0.4, -0.2) is 35.1 Å². The molecule has 244 valence electrons. The van der Waals surface area contributed by atoms with E-state index in [9.17, 15) is 19.8 Å². The van der Waals surface area contributed by atoms with Crippen molar-refractivity contribution in [3.05, 3.63) is 149 Å². The van der Waals surface area contributed by atoms with Crippen molar-refractivity contribution in [2.75, 3.05) is 22.9 Å².